The highest BCUT2D eigenvalue weighted by atomic mass is 79.9. The number of ether oxygens (including phenoxy) is 1. The minimum absolute atomic E-state index is 0.300. The third-order valence-electron chi connectivity index (χ3n) is 3.37. The summed E-state index contributed by atoms with van der Waals surface area (Å²) in [6, 6.07) is 17.4. The number of nitrogens with zero attached hydrogens (tertiary/aromatic N) is 3. The van der Waals surface area contributed by atoms with Crippen LogP contribution in [0.1, 0.15) is 5.56 Å². The lowest BCUT2D eigenvalue weighted by Crippen LogP contribution is -1.98. The average molecular weight is 366 g/mol. The maximum atomic E-state index is 9.51. The van der Waals surface area contributed by atoms with Gasteiger partial charge in [0.25, 0.3) is 0 Å². The van der Waals surface area contributed by atoms with Gasteiger partial charge < -0.3 is 4.74 Å². The summed E-state index contributed by atoms with van der Waals surface area (Å²) < 4.78 is 6.29. The first-order chi connectivity index (χ1) is 11.2. The van der Waals surface area contributed by atoms with Crippen molar-refractivity contribution < 1.29 is 4.74 Å². The van der Waals surface area contributed by atoms with Crippen LogP contribution in [-0.4, -0.2) is 17.1 Å². The van der Waals surface area contributed by atoms with Crippen LogP contribution in [0.15, 0.2) is 59.2 Å². The van der Waals surface area contributed by atoms with Gasteiger partial charge in [-0.15, -0.1) is 0 Å². The Balaban J connectivity index is 2.25. The Morgan fingerprint density at radius 1 is 1.09 bits per heavy atom. The summed E-state index contributed by atoms with van der Waals surface area (Å²) in [4.78, 5) is 8.74. The minimum atomic E-state index is 0.300. The number of benzene rings is 1. The molecule has 0 atom stereocenters. The largest absolute Gasteiger partial charge is 0.480 e. The normalized spacial score (nSPS) is 10.1. The summed E-state index contributed by atoms with van der Waals surface area (Å²) >= 11 is 3.42. The van der Waals surface area contributed by atoms with E-state index >= 15 is 0 Å². The van der Waals surface area contributed by atoms with E-state index in [0.29, 0.717) is 17.1 Å². The van der Waals surface area contributed by atoms with Crippen LogP contribution >= 0.6 is 15.9 Å². The highest BCUT2D eigenvalue weighted by molar-refractivity contribution is 9.10. The number of aromatic nitrogens is 2. The lowest BCUT2D eigenvalue weighted by Gasteiger charge is -2.11. The highest BCUT2D eigenvalue weighted by Crippen LogP contribution is 2.33. The molecule has 112 valence electrons. The molecular weight excluding hydrogens is 354 g/mol. The van der Waals surface area contributed by atoms with Gasteiger partial charge in [0, 0.05) is 16.2 Å². The lowest BCUT2D eigenvalue weighted by molar-refractivity contribution is 0.397. The van der Waals surface area contributed by atoms with E-state index < -0.39 is 0 Å². The van der Waals surface area contributed by atoms with Crippen molar-refractivity contribution in [3.05, 3.63) is 64.8 Å². The molecule has 0 saturated heterocycles. The van der Waals surface area contributed by atoms with Crippen molar-refractivity contribution in [2.45, 2.75) is 0 Å². The second kappa shape index (κ2) is 6.59. The van der Waals surface area contributed by atoms with Gasteiger partial charge in [0.15, 0.2) is 0 Å². The number of pyridine rings is 2. The van der Waals surface area contributed by atoms with Gasteiger partial charge in [0.05, 0.1) is 18.5 Å². The van der Waals surface area contributed by atoms with E-state index in [1.54, 1.807) is 6.20 Å². The zero-order valence-corrected chi connectivity index (χ0v) is 13.9. The van der Waals surface area contributed by atoms with Crippen LogP contribution in [0.4, 0.5) is 0 Å². The summed E-state index contributed by atoms with van der Waals surface area (Å²) in [6.07, 6.45) is 1.71. The molecule has 2 heterocycles. The first-order valence-electron chi connectivity index (χ1n) is 6.89. The van der Waals surface area contributed by atoms with Gasteiger partial charge in [-0.3, -0.25) is 4.98 Å². The molecule has 0 aliphatic heterocycles. The van der Waals surface area contributed by atoms with Gasteiger partial charge in [-0.2, -0.15) is 5.26 Å². The van der Waals surface area contributed by atoms with Crippen LogP contribution in [0.25, 0.3) is 22.5 Å². The standard InChI is InChI=1S/C18H12BrN3O/c1-23-18-15(11-20)14(12-5-7-13(19)8-6-12)10-17(22-18)16-4-2-3-9-21-16/h2-10H,1H3. The third kappa shape index (κ3) is 3.08. The molecule has 0 fully saturated rings. The molecule has 0 bridgehead atoms. The van der Waals surface area contributed by atoms with Crippen molar-refractivity contribution in [2.24, 2.45) is 0 Å². The van der Waals surface area contributed by atoms with Gasteiger partial charge in [-0.1, -0.05) is 34.1 Å². The second-order valence-corrected chi connectivity index (χ2v) is 5.69. The van der Waals surface area contributed by atoms with E-state index in [1.165, 1.54) is 7.11 Å². The Morgan fingerprint density at radius 3 is 2.48 bits per heavy atom. The van der Waals surface area contributed by atoms with Gasteiger partial charge in [0.2, 0.25) is 5.88 Å². The number of halogens is 1. The van der Waals surface area contributed by atoms with Gasteiger partial charge in [0.1, 0.15) is 11.6 Å². The first kappa shape index (κ1) is 15.2. The fourth-order valence-electron chi connectivity index (χ4n) is 2.28. The molecule has 1 aromatic carbocycles. The summed E-state index contributed by atoms with van der Waals surface area (Å²) in [5.74, 6) is 0.300. The molecule has 0 aliphatic carbocycles. The van der Waals surface area contributed by atoms with Crippen LogP contribution in [0.3, 0.4) is 0 Å². The number of methoxy groups -OCH3 is 1. The van der Waals surface area contributed by atoms with E-state index in [-0.39, 0.29) is 0 Å². The predicted molar refractivity (Wildman–Crippen MR) is 91.9 cm³/mol. The molecule has 3 rings (SSSR count). The molecule has 3 aromatic rings. The number of nitriles is 1. The van der Waals surface area contributed by atoms with Crippen molar-refractivity contribution in [2.75, 3.05) is 7.11 Å². The molecule has 0 radical (unpaired) electrons. The van der Waals surface area contributed by atoms with Crippen molar-refractivity contribution >= 4 is 15.9 Å². The Kier molecular flexibility index (Phi) is 4.35. The molecule has 2 aromatic heterocycles. The summed E-state index contributed by atoms with van der Waals surface area (Å²) in [5, 5.41) is 9.51. The monoisotopic (exact) mass is 365 g/mol. The molecule has 0 unspecified atom stereocenters. The van der Waals surface area contributed by atoms with Crippen LogP contribution < -0.4 is 4.74 Å². The maximum absolute atomic E-state index is 9.51. The SMILES string of the molecule is COc1nc(-c2ccccn2)cc(-c2ccc(Br)cc2)c1C#N. The number of rotatable bonds is 3. The van der Waals surface area contributed by atoms with Gasteiger partial charge in [-0.25, -0.2) is 4.98 Å². The minimum Gasteiger partial charge on any atom is -0.480 e. The second-order valence-electron chi connectivity index (χ2n) is 4.77. The van der Waals surface area contributed by atoms with Gasteiger partial charge in [-0.05, 0) is 35.9 Å². The van der Waals surface area contributed by atoms with Crippen LogP contribution in [0, 0.1) is 11.3 Å². The lowest BCUT2D eigenvalue weighted by atomic mass is 10.00. The Morgan fingerprint density at radius 2 is 1.87 bits per heavy atom. The van der Waals surface area contributed by atoms with Crippen molar-refractivity contribution in [3.63, 3.8) is 0 Å². The third-order valence-corrected chi connectivity index (χ3v) is 3.90. The zero-order valence-electron chi connectivity index (χ0n) is 12.3. The van der Waals surface area contributed by atoms with Crippen molar-refractivity contribution in [3.8, 4) is 34.5 Å². The Bertz CT molecular complexity index is 871. The quantitative estimate of drug-likeness (QED) is 0.687. The molecule has 0 amide bonds. The van der Waals surface area contributed by atoms with Crippen molar-refractivity contribution in [1.29, 1.82) is 5.26 Å². The van der Waals surface area contributed by atoms with E-state index in [1.807, 2.05) is 48.5 Å². The molecule has 0 aliphatic rings. The van der Waals surface area contributed by atoms with Crippen molar-refractivity contribution in [1.82, 2.24) is 9.97 Å². The van der Waals surface area contributed by atoms with E-state index in [0.717, 1.165) is 21.3 Å². The summed E-state index contributed by atoms with van der Waals surface area (Å²) in [6.45, 7) is 0. The molecule has 0 N–H and O–H groups in total. The fraction of sp³-hybridized carbons (Fsp3) is 0.0556. The molecule has 4 nitrogen and oxygen atoms in total. The van der Waals surface area contributed by atoms with E-state index in [4.69, 9.17) is 4.74 Å². The molecule has 5 heteroatoms. The molecule has 0 saturated carbocycles. The number of hydrogen-bond acceptors (Lipinski definition) is 4. The zero-order chi connectivity index (χ0) is 16.2. The van der Waals surface area contributed by atoms with Crippen LogP contribution in [-0.2, 0) is 0 Å². The topological polar surface area (TPSA) is 58.8 Å². The maximum Gasteiger partial charge on any atom is 0.232 e. The Hall–Kier alpha value is -2.71. The van der Waals surface area contributed by atoms with Gasteiger partial charge >= 0.3 is 0 Å². The molecular formula is C18H12BrN3O. The van der Waals surface area contributed by atoms with Crippen LogP contribution in [0.5, 0.6) is 5.88 Å². The van der Waals surface area contributed by atoms with E-state index in [2.05, 4.69) is 32.0 Å². The first-order valence-corrected chi connectivity index (χ1v) is 7.68. The van der Waals surface area contributed by atoms with Crippen LogP contribution in [0.2, 0.25) is 0 Å². The highest BCUT2D eigenvalue weighted by Gasteiger charge is 2.16. The summed E-state index contributed by atoms with van der Waals surface area (Å²) in [5.41, 5.74) is 3.50. The smallest absolute Gasteiger partial charge is 0.232 e. The van der Waals surface area contributed by atoms with E-state index in [9.17, 15) is 5.26 Å². The molecule has 0 spiro atoms. The fourth-order valence-corrected chi connectivity index (χ4v) is 2.54. The molecule has 23 heavy (non-hydrogen) atoms. The summed E-state index contributed by atoms with van der Waals surface area (Å²) in [7, 11) is 1.51. The average Bonchev–Trinajstić information content (AvgIpc) is 2.62. The predicted octanol–water partition coefficient (Wildman–Crippen LogP) is 4.45. The number of hydrogen-bond donors (Lipinski definition) is 0. The Labute approximate surface area is 142 Å².